The summed E-state index contributed by atoms with van der Waals surface area (Å²) < 4.78 is 32.4. The van der Waals surface area contributed by atoms with Crippen molar-refractivity contribution in [3.8, 4) is 0 Å². The molecule has 9 heteroatoms. The first kappa shape index (κ1) is 22.7. The molecule has 0 bridgehead atoms. The van der Waals surface area contributed by atoms with E-state index in [1.54, 1.807) is 12.1 Å². The number of carbonyl (C=O) groups excluding carboxylic acids is 2. The van der Waals surface area contributed by atoms with Gasteiger partial charge in [-0.05, 0) is 61.4 Å². The highest BCUT2D eigenvalue weighted by Gasteiger charge is 2.39. The third-order valence-electron chi connectivity index (χ3n) is 4.92. The van der Waals surface area contributed by atoms with Gasteiger partial charge in [-0.1, -0.05) is 17.8 Å². The second-order valence-electron chi connectivity index (χ2n) is 7.73. The molecule has 170 valence electrons. The molecule has 0 radical (unpaired) electrons. The number of aryl methyl sites for hydroxylation is 2. The maximum Gasteiger partial charge on any atom is 0.243 e. The van der Waals surface area contributed by atoms with Crippen LogP contribution in [0.3, 0.4) is 0 Å². The van der Waals surface area contributed by atoms with Gasteiger partial charge in [0.25, 0.3) is 0 Å². The van der Waals surface area contributed by atoms with Gasteiger partial charge in [0.05, 0.1) is 24.2 Å². The number of carbonyl (C=O) groups is 2. The van der Waals surface area contributed by atoms with Crippen molar-refractivity contribution in [2.24, 2.45) is 4.99 Å². The molecule has 1 atom stereocenters. The van der Waals surface area contributed by atoms with Gasteiger partial charge >= 0.3 is 0 Å². The van der Waals surface area contributed by atoms with E-state index in [1.807, 2.05) is 32.0 Å². The van der Waals surface area contributed by atoms with Crippen LogP contribution in [0.2, 0.25) is 0 Å². The SMILES string of the molecule is Cc1cc(C)cc(N=C2SC(CC(=O)Nc3ccc(F)cc3F)C(=O)N2Cc2ccco2)c1. The van der Waals surface area contributed by atoms with Gasteiger partial charge in [0.2, 0.25) is 11.8 Å². The van der Waals surface area contributed by atoms with Gasteiger partial charge in [-0.25, -0.2) is 13.8 Å². The molecule has 1 aromatic heterocycles. The summed E-state index contributed by atoms with van der Waals surface area (Å²) in [7, 11) is 0. The van der Waals surface area contributed by atoms with E-state index < -0.39 is 22.8 Å². The number of anilines is 1. The molecule has 33 heavy (non-hydrogen) atoms. The number of hydrogen-bond donors (Lipinski definition) is 1. The highest BCUT2D eigenvalue weighted by molar-refractivity contribution is 8.15. The van der Waals surface area contributed by atoms with E-state index in [0.29, 0.717) is 22.7 Å². The molecule has 1 saturated heterocycles. The van der Waals surface area contributed by atoms with E-state index in [0.717, 1.165) is 23.3 Å². The third kappa shape index (κ3) is 5.48. The van der Waals surface area contributed by atoms with Gasteiger partial charge in [0.1, 0.15) is 22.6 Å². The van der Waals surface area contributed by atoms with Gasteiger partial charge in [0.15, 0.2) is 5.17 Å². The maximum atomic E-state index is 13.9. The molecule has 2 aromatic carbocycles. The molecule has 2 heterocycles. The Morgan fingerprint density at radius 1 is 1.15 bits per heavy atom. The summed E-state index contributed by atoms with van der Waals surface area (Å²) in [4.78, 5) is 31.8. The average molecular weight is 470 g/mol. The van der Waals surface area contributed by atoms with Crippen LogP contribution in [0, 0.1) is 25.5 Å². The average Bonchev–Trinajstić information content (AvgIpc) is 3.34. The summed E-state index contributed by atoms with van der Waals surface area (Å²) in [5.74, 6) is -1.90. The van der Waals surface area contributed by atoms with E-state index in [2.05, 4.69) is 10.3 Å². The van der Waals surface area contributed by atoms with Crippen molar-refractivity contribution >= 4 is 40.1 Å². The molecule has 1 unspecified atom stereocenters. The van der Waals surface area contributed by atoms with Crippen molar-refractivity contribution in [3.05, 3.63) is 83.3 Å². The monoisotopic (exact) mass is 469 g/mol. The van der Waals surface area contributed by atoms with Crippen LogP contribution in [0.15, 0.2) is 64.2 Å². The van der Waals surface area contributed by atoms with Crippen molar-refractivity contribution in [1.29, 1.82) is 0 Å². The first-order valence-corrected chi connectivity index (χ1v) is 11.1. The lowest BCUT2D eigenvalue weighted by Gasteiger charge is -2.15. The van der Waals surface area contributed by atoms with Gasteiger partial charge in [-0.3, -0.25) is 14.5 Å². The quantitative estimate of drug-likeness (QED) is 0.529. The standard InChI is InChI=1S/C24H21F2N3O3S/c1-14-8-15(2)10-17(9-14)27-24-29(13-18-4-3-7-32-18)23(31)21(33-24)12-22(30)28-20-6-5-16(25)11-19(20)26/h3-11,21H,12-13H2,1-2H3,(H,28,30). The number of furan rings is 1. The molecule has 3 aromatic rings. The number of nitrogens with zero attached hydrogens (tertiary/aromatic N) is 2. The van der Waals surface area contributed by atoms with Crippen LogP contribution < -0.4 is 5.32 Å². The van der Waals surface area contributed by atoms with E-state index in [-0.39, 0.29) is 24.6 Å². The molecule has 1 aliphatic heterocycles. The lowest BCUT2D eigenvalue weighted by Crippen LogP contribution is -2.33. The zero-order valence-corrected chi connectivity index (χ0v) is 18.8. The van der Waals surface area contributed by atoms with Crippen molar-refractivity contribution < 1.29 is 22.8 Å². The van der Waals surface area contributed by atoms with Crippen molar-refractivity contribution in [1.82, 2.24) is 4.90 Å². The van der Waals surface area contributed by atoms with Gasteiger partial charge in [-0.15, -0.1) is 0 Å². The zero-order chi connectivity index (χ0) is 23.5. The Morgan fingerprint density at radius 2 is 1.91 bits per heavy atom. The lowest BCUT2D eigenvalue weighted by molar-refractivity contribution is -0.128. The number of benzene rings is 2. The van der Waals surface area contributed by atoms with Crippen LogP contribution in [0.1, 0.15) is 23.3 Å². The Morgan fingerprint density at radius 3 is 2.58 bits per heavy atom. The molecule has 4 rings (SSSR count). The minimum Gasteiger partial charge on any atom is -0.467 e. The molecule has 1 aliphatic rings. The molecule has 0 aliphatic carbocycles. The van der Waals surface area contributed by atoms with Crippen LogP contribution in [-0.2, 0) is 16.1 Å². The predicted molar refractivity (Wildman–Crippen MR) is 123 cm³/mol. The number of nitrogens with one attached hydrogen (secondary N) is 1. The van der Waals surface area contributed by atoms with Gasteiger partial charge < -0.3 is 9.73 Å². The van der Waals surface area contributed by atoms with Crippen molar-refractivity contribution in [2.75, 3.05) is 5.32 Å². The van der Waals surface area contributed by atoms with E-state index in [4.69, 9.17) is 4.42 Å². The summed E-state index contributed by atoms with van der Waals surface area (Å²) in [5, 5.41) is 2.11. The molecular weight excluding hydrogens is 448 g/mol. The summed E-state index contributed by atoms with van der Waals surface area (Å²) in [6, 6.07) is 12.2. The zero-order valence-electron chi connectivity index (χ0n) is 18.0. The predicted octanol–water partition coefficient (Wildman–Crippen LogP) is 5.34. The van der Waals surface area contributed by atoms with Crippen LogP contribution >= 0.6 is 11.8 Å². The summed E-state index contributed by atoms with van der Waals surface area (Å²) in [5.41, 5.74) is 2.64. The first-order chi connectivity index (χ1) is 15.8. The van der Waals surface area contributed by atoms with Gasteiger partial charge in [-0.2, -0.15) is 0 Å². The number of halogens is 2. The second-order valence-corrected chi connectivity index (χ2v) is 8.90. The van der Waals surface area contributed by atoms with Crippen LogP contribution in [0.25, 0.3) is 0 Å². The van der Waals surface area contributed by atoms with Crippen molar-refractivity contribution in [3.63, 3.8) is 0 Å². The van der Waals surface area contributed by atoms with Gasteiger partial charge in [0, 0.05) is 12.5 Å². The maximum absolute atomic E-state index is 13.9. The minimum absolute atomic E-state index is 0.145. The molecule has 6 nitrogen and oxygen atoms in total. The fourth-order valence-corrected chi connectivity index (χ4v) is 4.67. The molecule has 0 saturated carbocycles. The normalized spacial score (nSPS) is 17.1. The molecular formula is C24H21F2N3O3S. The van der Waals surface area contributed by atoms with Crippen LogP contribution in [-0.4, -0.2) is 27.1 Å². The summed E-state index contributed by atoms with van der Waals surface area (Å²) in [6.45, 7) is 4.10. The number of rotatable bonds is 6. The van der Waals surface area contributed by atoms with Crippen LogP contribution in [0.4, 0.5) is 20.2 Å². The van der Waals surface area contributed by atoms with E-state index >= 15 is 0 Å². The Hall–Kier alpha value is -3.46. The Labute approximate surface area is 193 Å². The number of hydrogen-bond acceptors (Lipinski definition) is 5. The Kier molecular flexibility index (Phi) is 6.60. The summed E-state index contributed by atoms with van der Waals surface area (Å²) >= 11 is 1.17. The second kappa shape index (κ2) is 9.58. The summed E-state index contributed by atoms with van der Waals surface area (Å²) in [6.07, 6.45) is 1.33. The topological polar surface area (TPSA) is 74.9 Å². The highest BCUT2D eigenvalue weighted by atomic mass is 32.2. The Bertz CT molecular complexity index is 1210. The smallest absolute Gasteiger partial charge is 0.243 e. The molecule has 1 fully saturated rings. The largest absolute Gasteiger partial charge is 0.467 e. The number of thioether (sulfide) groups is 1. The Balaban J connectivity index is 1.55. The molecule has 2 amide bonds. The number of aliphatic imine (C=N–C) groups is 1. The molecule has 0 spiro atoms. The van der Waals surface area contributed by atoms with E-state index in [1.165, 1.54) is 22.9 Å². The third-order valence-corrected chi connectivity index (χ3v) is 6.10. The van der Waals surface area contributed by atoms with E-state index in [9.17, 15) is 18.4 Å². The lowest BCUT2D eigenvalue weighted by atomic mass is 10.1. The number of amides is 2. The fourth-order valence-electron chi connectivity index (χ4n) is 3.52. The fraction of sp³-hybridized carbons (Fsp3) is 0.208. The van der Waals surface area contributed by atoms with Crippen LogP contribution in [0.5, 0.6) is 0 Å². The highest BCUT2D eigenvalue weighted by Crippen LogP contribution is 2.33. The minimum atomic E-state index is -0.884. The first-order valence-electron chi connectivity index (χ1n) is 10.2. The number of amidine groups is 1. The van der Waals surface area contributed by atoms with Crippen molar-refractivity contribution in [2.45, 2.75) is 32.1 Å². The molecule has 1 N–H and O–H groups in total.